The molecule has 2 rings (SSSR count). The molecule has 0 radical (unpaired) electrons. The average Bonchev–Trinajstić information content (AvgIpc) is 2.55. The first-order chi connectivity index (χ1) is 12.0. The number of phenols is 1. The number of hydrogen-bond donors (Lipinski definition) is 3. The van der Waals surface area contributed by atoms with Crippen LogP contribution in [0.4, 0.5) is 0 Å². The molecule has 3 nitrogen and oxygen atoms in total. The van der Waals surface area contributed by atoms with Crippen LogP contribution in [0.25, 0.3) is 0 Å². The zero-order chi connectivity index (χ0) is 19.5. The van der Waals surface area contributed by atoms with E-state index in [4.69, 9.17) is 0 Å². The van der Waals surface area contributed by atoms with Gasteiger partial charge in [0, 0.05) is 18.7 Å². The van der Waals surface area contributed by atoms with Crippen LogP contribution in [0.3, 0.4) is 0 Å². The number of nitrogens with one attached hydrogen (secondary N) is 1. The van der Waals surface area contributed by atoms with Crippen LogP contribution in [0.5, 0.6) is 5.75 Å². The summed E-state index contributed by atoms with van der Waals surface area (Å²) in [7, 11) is 0. The van der Waals surface area contributed by atoms with E-state index in [1.54, 1.807) is 0 Å². The van der Waals surface area contributed by atoms with Gasteiger partial charge < -0.3 is 15.5 Å². The van der Waals surface area contributed by atoms with E-state index in [0.717, 1.165) is 16.7 Å². The first-order valence-electron chi connectivity index (χ1n) is 9.30. The van der Waals surface area contributed by atoms with Crippen LogP contribution in [0.15, 0.2) is 42.5 Å². The van der Waals surface area contributed by atoms with Gasteiger partial charge in [0.25, 0.3) is 0 Å². The fraction of sp³-hybridized carbons (Fsp3) is 0.478. The summed E-state index contributed by atoms with van der Waals surface area (Å²) in [4.78, 5) is 0. The van der Waals surface area contributed by atoms with Crippen LogP contribution in [0.2, 0.25) is 0 Å². The number of benzene rings is 2. The van der Waals surface area contributed by atoms with Crippen LogP contribution in [0, 0.1) is 0 Å². The molecule has 0 aliphatic carbocycles. The van der Waals surface area contributed by atoms with Crippen LogP contribution in [-0.2, 0) is 17.4 Å². The molecule has 142 valence electrons. The number of aliphatic hydroxyl groups is 1. The van der Waals surface area contributed by atoms with Gasteiger partial charge in [-0.1, -0.05) is 84.0 Å². The van der Waals surface area contributed by atoms with E-state index >= 15 is 0 Å². The van der Waals surface area contributed by atoms with Gasteiger partial charge in [-0.15, -0.1) is 0 Å². The van der Waals surface area contributed by atoms with Gasteiger partial charge in [0.1, 0.15) is 5.75 Å². The maximum atomic E-state index is 10.8. The third-order valence-electron chi connectivity index (χ3n) is 4.70. The molecule has 26 heavy (non-hydrogen) atoms. The maximum absolute atomic E-state index is 10.8. The van der Waals surface area contributed by atoms with Gasteiger partial charge in [-0.05, 0) is 27.5 Å². The molecule has 0 bridgehead atoms. The van der Waals surface area contributed by atoms with Crippen molar-refractivity contribution in [2.45, 2.75) is 65.0 Å². The van der Waals surface area contributed by atoms with E-state index in [2.05, 4.69) is 59.0 Å². The second-order valence-electron chi connectivity index (χ2n) is 9.09. The Morgan fingerprint density at radius 3 is 2.08 bits per heavy atom. The molecule has 0 aliphatic rings. The molecule has 0 amide bonds. The lowest BCUT2D eigenvalue weighted by Gasteiger charge is -2.27. The van der Waals surface area contributed by atoms with Crippen LogP contribution in [-0.4, -0.2) is 16.8 Å². The highest BCUT2D eigenvalue weighted by Gasteiger charge is 2.24. The van der Waals surface area contributed by atoms with Crippen LogP contribution in [0.1, 0.15) is 69.9 Å². The molecule has 0 spiro atoms. The minimum Gasteiger partial charge on any atom is -0.507 e. The fourth-order valence-corrected chi connectivity index (χ4v) is 2.97. The highest BCUT2D eigenvalue weighted by atomic mass is 16.3. The molecule has 3 N–H and O–H groups in total. The Hall–Kier alpha value is -1.84. The molecule has 0 saturated carbocycles. The predicted octanol–water partition coefficient (Wildman–Crippen LogP) is 4.81. The summed E-state index contributed by atoms with van der Waals surface area (Å²) in [6.07, 6.45) is -0.564. The molecule has 2 aromatic carbocycles. The summed E-state index contributed by atoms with van der Waals surface area (Å²) in [6.45, 7) is 13.9. The maximum Gasteiger partial charge on any atom is 0.123 e. The second kappa shape index (κ2) is 7.81. The zero-order valence-corrected chi connectivity index (χ0v) is 16.9. The third-order valence-corrected chi connectivity index (χ3v) is 4.70. The third kappa shape index (κ3) is 5.09. The van der Waals surface area contributed by atoms with Crippen molar-refractivity contribution >= 4 is 0 Å². The minimum atomic E-state index is -0.564. The topological polar surface area (TPSA) is 52.5 Å². The van der Waals surface area contributed by atoms with E-state index in [1.807, 2.05) is 30.3 Å². The van der Waals surface area contributed by atoms with Crippen molar-refractivity contribution in [3.8, 4) is 5.75 Å². The summed E-state index contributed by atoms with van der Waals surface area (Å²) in [5.74, 6) is 0.354. The van der Waals surface area contributed by atoms with Crippen molar-refractivity contribution in [1.29, 1.82) is 0 Å². The highest BCUT2D eigenvalue weighted by molar-refractivity contribution is 5.48. The molecule has 2 aromatic rings. The van der Waals surface area contributed by atoms with Gasteiger partial charge in [-0.25, -0.2) is 0 Å². The van der Waals surface area contributed by atoms with E-state index in [1.165, 1.54) is 5.56 Å². The lowest BCUT2D eigenvalue weighted by molar-refractivity contribution is 0.174. The number of phenolic OH excluding ortho intramolecular Hbond substituents is 1. The molecule has 0 unspecified atom stereocenters. The first-order valence-corrected chi connectivity index (χ1v) is 9.30. The summed E-state index contributed by atoms with van der Waals surface area (Å²) < 4.78 is 0. The van der Waals surface area contributed by atoms with E-state index in [0.29, 0.717) is 18.8 Å². The molecule has 0 aromatic heterocycles. The number of aliphatic hydroxyl groups excluding tert-OH is 1. The quantitative estimate of drug-likeness (QED) is 0.721. The molecule has 0 heterocycles. The van der Waals surface area contributed by atoms with Crippen LogP contribution < -0.4 is 5.32 Å². The Morgan fingerprint density at radius 1 is 0.923 bits per heavy atom. The van der Waals surface area contributed by atoms with E-state index < -0.39 is 6.10 Å². The summed E-state index contributed by atoms with van der Waals surface area (Å²) >= 11 is 0. The smallest absolute Gasteiger partial charge is 0.123 e. The Balaban J connectivity index is 2.20. The summed E-state index contributed by atoms with van der Waals surface area (Å²) in [5, 5.41) is 24.4. The Morgan fingerprint density at radius 2 is 1.54 bits per heavy atom. The monoisotopic (exact) mass is 355 g/mol. The van der Waals surface area contributed by atoms with Gasteiger partial charge in [0.15, 0.2) is 0 Å². The molecular formula is C23H33NO2. The zero-order valence-electron chi connectivity index (χ0n) is 16.9. The number of aromatic hydroxyl groups is 1. The SMILES string of the molecule is CC(C)(C)c1cc(CNC[C@H](O)c2ccccc2)c(O)c(C(C)(C)C)c1. The Bertz CT molecular complexity index is 724. The Kier molecular flexibility index (Phi) is 6.15. The van der Waals surface area contributed by atoms with Gasteiger partial charge in [0.2, 0.25) is 0 Å². The standard InChI is InChI=1S/C23H33NO2/c1-22(2,3)18-12-17(21(26)19(13-18)23(4,5)6)14-24-15-20(25)16-10-8-7-9-11-16/h7-13,20,24-26H,14-15H2,1-6H3/t20-/m0/s1. The largest absolute Gasteiger partial charge is 0.507 e. The highest BCUT2D eigenvalue weighted by Crippen LogP contribution is 2.37. The summed E-state index contributed by atoms with van der Waals surface area (Å²) in [5.41, 5.74) is 3.81. The van der Waals surface area contributed by atoms with Gasteiger partial charge >= 0.3 is 0 Å². The molecule has 1 atom stereocenters. The van der Waals surface area contributed by atoms with Crippen LogP contribution >= 0.6 is 0 Å². The molecule has 0 fully saturated rings. The van der Waals surface area contributed by atoms with E-state index in [9.17, 15) is 10.2 Å². The summed E-state index contributed by atoms with van der Waals surface area (Å²) in [6, 6.07) is 13.8. The van der Waals surface area contributed by atoms with Gasteiger partial charge in [0.05, 0.1) is 6.10 Å². The molecule has 0 saturated heterocycles. The second-order valence-corrected chi connectivity index (χ2v) is 9.09. The van der Waals surface area contributed by atoms with E-state index in [-0.39, 0.29) is 10.8 Å². The lowest BCUT2D eigenvalue weighted by Crippen LogP contribution is -2.23. The minimum absolute atomic E-state index is 0.00595. The predicted molar refractivity (Wildman–Crippen MR) is 109 cm³/mol. The Labute approximate surface area is 158 Å². The first kappa shape index (κ1) is 20.5. The van der Waals surface area contributed by atoms with Crippen molar-refractivity contribution in [3.05, 3.63) is 64.7 Å². The van der Waals surface area contributed by atoms with Crippen molar-refractivity contribution in [3.63, 3.8) is 0 Å². The van der Waals surface area contributed by atoms with Crippen molar-refractivity contribution in [2.75, 3.05) is 6.54 Å². The number of hydrogen-bond acceptors (Lipinski definition) is 3. The molecular weight excluding hydrogens is 322 g/mol. The molecule has 0 aliphatic heterocycles. The van der Waals surface area contributed by atoms with Crippen molar-refractivity contribution in [2.24, 2.45) is 0 Å². The van der Waals surface area contributed by atoms with Gasteiger partial charge in [-0.2, -0.15) is 0 Å². The normalized spacial score (nSPS) is 13.7. The average molecular weight is 356 g/mol. The van der Waals surface area contributed by atoms with Crippen molar-refractivity contribution in [1.82, 2.24) is 5.32 Å². The van der Waals surface area contributed by atoms with Gasteiger partial charge in [-0.3, -0.25) is 0 Å². The fourth-order valence-electron chi connectivity index (χ4n) is 2.97. The molecule has 3 heteroatoms. The number of rotatable bonds is 5. The lowest BCUT2D eigenvalue weighted by atomic mass is 9.79. The van der Waals surface area contributed by atoms with Crippen molar-refractivity contribution < 1.29 is 10.2 Å².